The Kier molecular flexibility index (Phi) is 9.42. The molecule has 0 saturated carbocycles. The Morgan fingerprint density at radius 2 is 1.89 bits per heavy atom. The van der Waals surface area contributed by atoms with Gasteiger partial charge in [0, 0.05) is 22.9 Å². The van der Waals surface area contributed by atoms with E-state index in [1.165, 1.54) is 0 Å². The van der Waals surface area contributed by atoms with Crippen molar-refractivity contribution in [3.05, 3.63) is 87.4 Å². The summed E-state index contributed by atoms with van der Waals surface area (Å²) in [6.45, 7) is 1.94. The minimum Gasteiger partial charge on any atom is -0.493 e. The van der Waals surface area contributed by atoms with Crippen LogP contribution in [-0.4, -0.2) is 39.6 Å². The molecule has 4 rings (SSSR count). The Bertz CT molecular complexity index is 1240. The van der Waals surface area contributed by atoms with Crippen molar-refractivity contribution in [3.63, 3.8) is 0 Å². The number of methoxy groups -OCH3 is 1. The molecule has 0 aliphatic rings. The predicted molar refractivity (Wildman–Crippen MR) is 143 cm³/mol. The second-order valence-corrected chi connectivity index (χ2v) is 9.90. The summed E-state index contributed by atoms with van der Waals surface area (Å²) in [5.41, 5.74) is 2.97. The van der Waals surface area contributed by atoms with E-state index >= 15 is 0 Å². The molecule has 0 aliphatic carbocycles. The van der Waals surface area contributed by atoms with Crippen molar-refractivity contribution in [2.45, 2.75) is 24.7 Å². The molecular formula is C25H25BrClN5O2S. The van der Waals surface area contributed by atoms with Gasteiger partial charge in [-0.1, -0.05) is 59.8 Å². The first kappa shape index (κ1) is 25.5. The summed E-state index contributed by atoms with van der Waals surface area (Å²) in [7, 11) is 1.64. The van der Waals surface area contributed by atoms with Gasteiger partial charge in [-0.25, -0.2) is 0 Å². The number of hydrogen-bond donors (Lipinski definition) is 1. The molecule has 0 atom stereocenters. The van der Waals surface area contributed by atoms with E-state index in [2.05, 4.69) is 36.8 Å². The van der Waals surface area contributed by atoms with E-state index in [-0.39, 0.29) is 0 Å². The van der Waals surface area contributed by atoms with Crippen LogP contribution in [0.1, 0.15) is 17.5 Å². The highest BCUT2D eigenvalue weighted by Crippen LogP contribution is 2.37. The molecule has 1 aromatic heterocycles. The maximum absolute atomic E-state index is 6.24. The summed E-state index contributed by atoms with van der Waals surface area (Å²) in [4.78, 5) is 0. The maximum Gasteiger partial charge on any atom is 0.214 e. The molecule has 0 unspecified atom stereocenters. The number of para-hydroxylation sites is 1. The van der Waals surface area contributed by atoms with Gasteiger partial charge in [0.25, 0.3) is 0 Å². The number of halogens is 2. The number of nitrogens with zero attached hydrogens (tertiary/aromatic N) is 4. The van der Waals surface area contributed by atoms with Gasteiger partial charge in [0.05, 0.1) is 17.3 Å². The molecule has 0 aliphatic heterocycles. The Hall–Kier alpha value is -2.59. The fourth-order valence-corrected chi connectivity index (χ4v) is 5.00. The van der Waals surface area contributed by atoms with Crippen molar-refractivity contribution < 1.29 is 9.47 Å². The lowest BCUT2D eigenvalue weighted by Gasteiger charge is -2.15. The number of tetrazole rings is 1. The van der Waals surface area contributed by atoms with E-state index in [1.807, 2.05) is 66.7 Å². The summed E-state index contributed by atoms with van der Waals surface area (Å²) in [6, 6.07) is 21.6. The lowest BCUT2D eigenvalue weighted by Crippen LogP contribution is -2.15. The lowest BCUT2D eigenvalue weighted by molar-refractivity contribution is 0.282. The molecule has 0 saturated heterocycles. The molecule has 0 radical (unpaired) electrons. The third kappa shape index (κ3) is 6.98. The molecule has 35 heavy (non-hydrogen) atoms. The normalized spacial score (nSPS) is 10.9. The van der Waals surface area contributed by atoms with E-state index in [0.717, 1.165) is 45.2 Å². The van der Waals surface area contributed by atoms with Crippen LogP contribution in [0.15, 0.2) is 76.4 Å². The quantitative estimate of drug-likeness (QED) is 0.166. The van der Waals surface area contributed by atoms with Gasteiger partial charge in [-0.05, 0) is 75.2 Å². The number of aromatic nitrogens is 4. The summed E-state index contributed by atoms with van der Waals surface area (Å²) in [5.74, 6) is 2.23. The standard InChI is InChI=1S/C25H25BrClN5O2S/c1-33-23-15-18(14-21(26)24(23)34-17-19-8-5-6-11-22(19)27)16-28-12-7-13-35-25-29-30-31-32(25)20-9-3-2-4-10-20/h2-6,8-11,14-15,28H,7,12-13,16-17H2,1H3. The third-order valence-electron chi connectivity index (χ3n) is 5.12. The minimum atomic E-state index is 0.359. The molecule has 0 spiro atoms. The molecule has 1 heterocycles. The van der Waals surface area contributed by atoms with Gasteiger partial charge in [0.1, 0.15) is 6.61 Å². The van der Waals surface area contributed by atoms with Gasteiger partial charge < -0.3 is 14.8 Å². The van der Waals surface area contributed by atoms with Crippen molar-refractivity contribution in [2.75, 3.05) is 19.4 Å². The molecule has 10 heteroatoms. The molecule has 7 nitrogen and oxygen atoms in total. The molecule has 0 fully saturated rings. The number of nitrogens with one attached hydrogen (secondary N) is 1. The van der Waals surface area contributed by atoms with Gasteiger partial charge in [-0.3, -0.25) is 0 Å². The Morgan fingerprint density at radius 1 is 1.09 bits per heavy atom. The summed E-state index contributed by atoms with van der Waals surface area (Å²) in [6.07, 6.45) is 0.976. The van der Waals surface area contributed by atoms with Crippen molar-refractivity contribution in [3.8, 4) is 17.2 Å². The first-order chi connectivity index (χ1) is 17.2. The van der Waals surface area contributed by atoms with E-state index < -0.39 is 0 Å². The highest BCUT2D eigenvalue weighted by atomic mass is 79.9. The van der Waals surface area contributed by atoms with Gasteiger partial charge in [0.2, 0.25) is 5.16 Å². The number of thioether (sulfide) groups is 1. The highest BCUT2D eigenvalue weighted by molar-refractivity contribution is 9.10. The van der Waals surface area contributed by atoms with Crippen LogP contribution < -0.4 is 14.8 Å². The van der Waals surface area contributed by atoms with Crippen molar-refractivity contribution >= 4 is 39.3 Å². The first-order valence-corrected chi connectivity index (χ1v) is 13.2. The van der Waals surface area contributed by atoms with Crippen LogP contribution in [0.5, 0.6) is 11.5 Å². The fourth-order valence-electron chi connectivity index (χ4n) is 3.37. The third-order valence-corrected chi connectivity index (χ3v) is 7.08. The second kappa shape index (κ2) is 12.9. The SMILES string of the molecule is COc1cc(CNCCCSc2nnnn2-c2ccccc2)cc(Br)c1OCc1ccccc1Cl. The number of benzene rings is 3. The molecule has 0 amide bonds. The monoisotopic (exact) mass is 573 g/mol. The van der Waals surface area contributed by atoms with Gasteiger partial charge >= 0.3 is 0 Å². The largest absolute Gasteiger partial charge is 0.493 e. The maximum atomic E-state index is 6.24. The minimum absolute atomic E-state index is 0.359. The zero-order valence-corrected chi connectivity index (χ0v) is 22.3. The summed E-state index contributed by atoms with van der Waals surface area (Å²) in [5, 5.41) is 17.0. The van der Waals surface area contributed by atoms with E-state index in [0.29, 0.717) is 29.7 Å². The molecule has 182 valence electrons. The molecule has 4 aromatic rings. The van der Waals surface area contributed by atoms with Gasteiger partial charge in [0.15, 0.2) is 11.5 Å². The van der Waals surface area contributed by atoms with Gasteiger partial charge in [-0.2, -0.15) is 4.68 Å². The molecular weight excluding hydrogens is 550 g/mol. The van der Waals surface area contributed by atoms with Crippen molar-refractivity contribution in [1.82, 2.24) is 25.5 Å². The molecule has 1 N–H and O–H groups in total. The van der Waals surface area contributed by atoms with Crippen LogP contribution >= 0.6 is 39.3 Å². The van der Waals surface area contributed by atoms with Crippen molar-refractivity contribution in [2.24, 2.45) is 0 Å². The zero-order chi connectivity index (χ0) is 24.5. The summed E-state index contributed by atoms with van der Waals surface area (Å²) >= 11 is 11.5. The number of ether oxygens (including phenoxy) is 2. The Morgan fingerprint density at radius 3 is 2.69 bits per heavy atom. The fraction of sp³-hybridized carbons (Fsp3) is 0.240. The Balaban J connectivity index is 1.25. The average molecular weight is 575 g/mol. The van der Waals surface area contributed by atoms with Crippen LogP contribution in [0.2, 0.25) is 5.02 Å². The number of hydrogen-bond acceptors (Lipinski definition) is 7. The second-order valence-electron chi connectivity index (χ2n) is 7.58. The molecule has 3 aromatic carbocycles. The lowest BCUT2D eigenvalue weighted by atomic mass is 10.2. The van der Waals surface area contributed by atoms with E-state index in [4.69, 9.17) is 21.1 Å². The van der Waals surface area contributed by atoms with Gasteiger partial charge in [-0.15, -0.1) is 5.10 Å². The smallest absolute Gasteiger partial charge is 0.214 e. The van der Waals surface area contributed by atoms with Crippen LogP contribution in [0.3, 0.4) is 0 Å². The summed E-state index contributed by atoms with van der Waals surface area (Å²) < 4.78 is 14.2. The van der Waals surface area contributed by atoms with E-state index in [9.17, 15) is 0 Å². The highest BCUT2D eigenvalue weighted by Gasteiger charge is 2.13. The number of rotatable bonds is 12. The van der Waals surface area contributed by atoms with Crippen molar-refractivity contribution in [1.29, 1.82) is 0 Å². The van der Waals surface area contributed by atoms with Crippen LogP contribution in [-0.2, 0) is 13.2 Å². The average Bonchev–Trinajstić information content (AvgIpc) is 3.35. The zero-order valence-electron chi connectivity index (χ0n) is 19.2. The van der Waals surface area contributed by atoms with Crippen LogP contribution in [0.4, 0.5) is 0 Å². The first-order valence-electron chi connectivity index (χ1n) is 11.1. The predicted octanol–water partition coefficient (Wildman–Crippen LogP) is 5.94. The Labute approximate surface area is 222 Å². The van der Waals surface area contributed by atoms with E-state index in [1.54, 1.807) is 23.6 Å². The van der Waals surface area contributed by atoms with Crippen LogP contribution in [0, 0.1) is 0 Å². The molecule has 0 bridgehead atoms. The van der Waals surface area contributed by atoms with Crippen LogP contribution in [0.25, 0.3) is 5.69 Å². The topological polar surface area (TPSA) is 74.1 Å².